The number of imidazole rings is 1. The summed E-state index contributed by atoms with van der Waals surface area (Å²) in [5.74, 6) is 0.875. The van der Waals surface area contributed by atoms with E-state index in [9.17, 15) is 0 Å². The first-order valence-electron chi connectivity index (χ1n) is 4.08. The van der Waals surface area contributed by atoms with Crippen LogP contribution in [0.15, 0.2) is 43.0 Å². The zero-order chi connectivity index (χ0) is 9.10. The number of aromatic amines is 1. The van der Waals surface area contributed by atoms with Crippen molar-refractivity contribution in [3.63, 3.8) is 0 Å². The molecule has 0 aliphatic heterocycles. The molecule has 0 bridgehead atoms. The second kappa shape index (κ2) is 4.81. The van der Waals surface area contributed by atoms with Gasteiger partial charge in [0.2, 0.25) is 6.33 Å². The maximum Gasteiger partial charge on any atom is 0.246 e. The highest BCUT2D eigenvalue weighted by Gasteiger charge is 2.00. The maximum atomic E-state index is 5.07. The molecule has 1 heterocycles. The van der Waals surface area contributed by atoms with Gasteiger partial charge in [-0.05, 0) is 24.3 Å². The number of nitrogens with one attached hydrogen (secondary N) is 1. The molecule has 0 fully saturated rings. The summed E-state index contributed by atoms with van der Waals surface area (Å²) in [6.07, 6.45) is 5.73. The molecule has 0 aliphatic carbocycles. The van der Waals surface area contributed by atoms with E-state index in [2.05, 4.69) is 4.98 Å². The van der Waals surface area contributed by atoms with Crippen LogP contribution in [0.3, 0.4) is 0 Å². The van der Waals surface area contributed by atoms with Crippen LogP contribution in [0.4, 0.5) is 0 Å². The predicted molar refractivity (Wildman–Crippen MR) is 48.9 cm³/mol. The number of benzene rings is 1. The number of nitrogens with zero attached hydrogens (tertiary/aromatic N) is 1. The van der Waals surface area contributed by atoms with Crippen molar-refractivity contribution in [2.75, 3.05) is 7.11 Å². The summed E-state index contributed by atoms with van der Waals surface area (Å²) in [4.78, 5) is 2.99. The Morgan fingerprint density at radius 3 is 2.43 bits per heavy atom. The molecule has 0 spiro atoms. The molecular formula is C10H11BrN2O. The molecule has 0 aliphatic rings. The Kier molecular flexibility index (Phi) is 3.71. The van der Waals surface area contributed by atoms with Gasteiger partial charge in [0.1, 0.15) is 23.8 Å². The van der Waals surface area contributed by atoms with E-state index in [1.54, 1.807) is 7.11 Å². The highest BCUT2D eigenvalue weighted by molar-refractivity contribution is 5.31. The normalized spacial score (nSPS) is 9.21. The highest BCUT2D eigenvalue weighted by Crippen LogP contribution is 2.10. The van der Waals surface area contributed by atoms with E-state index < -0.39 is 0 Å². The molecule has 0 atom stereocenters. The van der Waals surface area contributed by atoms with Crippen LogP contribution in [-0.2, 0) is 0 Å². The fourth-order valence-corrected chi connectivity index (χ4v) is 1.20. The molecule has 0 radical (unpaired) electrons. The number of hydrogen-bond acceptors (Lipinski definition) is 1. The number of methoxy groups -OCH3 is 1. The van der Waals surface area contributed by atoms with Crippen LogP contribution in [0.2, 0.25) is 0 Å². The SMILES string of the molecule is COc1ccc(-[n+]2cc[nH]c2)cc1.[Br-]. The van der Waals surface area contributed by atoms with E-state index in [0.717, 1.165) is 11.4 Å². The van der Waals surface area contributed by atoms with Gasteiger partial charge in [-0.15, -0.1) is 0 Å². The second-order valence-corrected chi connectivity index (χ2v) is 2.72. The molecule has 1 aromatic heterocycles. The topological polar surface area (TPSA) is 28.9 Å². The van der Waals surface area contributed by atoms with Crippen molar-refractivity contribution in [1.29, 1.82) is 0 Å². The standard InChI is InChI=1S/C10H10N2O.BrH/c1-13-10-4-2-9(3-5-10)12-7-6-11-8-12;/h2-8H,1H3;1H. The minimum absolute atomic E-state index is 0. The van der Waals surface area contributed by atoms with Crippen LogP contribution in [0.1, 0.15) is 0 Å². The Morgan fingerprint density at radius 2 is 1.93 bits per heavy atom. The first kappa shape index (κ1) is 10.8. The maximum absolute atomic E-state index is 5.07. The van der Waals surface area contributed by atoms with Gasteiger partial charge in [0.25, 0.3) is 0 Å². The molecule has 0 unspecified atom stereocenters. The summed E-state index contributed by atoms with van der Waals surface area (Å²) >= 11 is 0. The van der Waals surface area contributed by atoms with Crippen LogP contribution in [0.5, 0.6) is 5.75 Å². The van der Waals surface area contributed by atoms with Crippen molar-refractivity contribution in [1.82, 2.24) is 4.98 Å². The summed E-state index contributed by atoms with van der Waals surface area (Å²) in [5, 5.41) is 0. The smallest absolute Gasteiger partial charge is 0.246 e. The summed E-state index contributed by atoms with van der Waals surface area (Å²) in [6.45, 7) is 0. The molecule has 2 aromatic rings. The van der Waals surface area contributed by atoms with Gasteiger partial charge in [0.15, 0.2) is 0 Å². The fourth-order valence-electron chi connectivity index (χ4n) is 1.20. The Morgan fingerprint density at radius 1 is 1.21 bits per heavy atom. The van der Waals surface area contributed by atoms with Gasteiger partial charge in [-0.3, -0.25) is 0 Å². The van der Waals surface area contributed by atoms with Crippen molar-refractivity contribution in [3.05, 3.63) is 43.0 Å². The minimum atomic E-state index is 0. The molecular weight excluding hydrogens is 244 g/mol. The Hall–Kier alpha value is -1.29. The van der Waals surface area contributed by atoms with Gasteiger partial charge in [0, 0.05) is 0 Å². The fraction of sp³-hybridized carbons (Fsp3) is 0.100. The van der Waals surface area contributed by atoms with Crippen LogP contribution in [-0.4, -0.2) is 12.1 Å². The molecule has 0 amide bonds. The lowest BCUT2D eigenvalue weighted by Crippen LogP contribution is -3.00. The van der Waals surface area contributed by atoms with Crippen LogP contribution >= 0.6 is 0 Å². The largest absolute Gasteiger partial charge is 1.00 e. The third kappa shape index (κ3) is 2.14. The van der Waals surface area contributed by atoms with E-state index >= 15 is 0 Å². The van der Waals surface area contributed by atoms with Crippen molar-refractivity contribution < 1.29 is 26.3 Å². The van der Waals surface area contributed by atoms with E-state index in [1.165, 1.54) is 0 Å². The Labute approximate surface area is 93.1 Å². The molecule has 1 aromatic carbocycles. The third-order valence-electron chi connectivity index (χ3n) is 1.92. The predicted octanol–water partition coefficient (Wildman–Crippen LogP) is -1.70. The van der Waals surface area contributed by atoms with E-state index in [4.69, 9.17) is 4.74 Å². The molecule has 1 N–H and O–H groups in total. The van der Waals surface area contributed by atoms with Crippen LogP contribution in [0.25, 0.3) is 5.69 Å². The summed E-state index contributed by atoms with van der Waals surface area (Å²) in [5.41, 5.74) is 1.11. The molecule has 2 rings (SSSR count). The first-order chi connectivity index (χ1) is 6.40. The monoisotopic (exact) mass is 254 g/mol. The van der Waals surface area contributed by atoms with Crippen molar-refractivity contribution in [2.45, 2.75) is 0 Å². The first-order valence-corrected chi connectivity index (χ1v) is 4.08. The lowest BCUT2D eigenvalue weighted by Gasteiger charge is -1.99. The van der Waals surface area contributed by atoms with Crippen LogP contribution < -0.4 is 26.3 Å². The number of halogens is 1. The average molecular weight is 255 g/mol. The Bertz CT molecular complexity index is 370. The van der Waals surface area contributed by atoms with Gasteiger partial charge < -0.3 is 21.7 Å². The summed E-state index contributed by atoms with van der Waals surface area (Å²) in [6, 6.07) is 7.89. The van der Waals surface area contributed by atoms with E-state index in [1.807, 2.05) is 47.6 Å². The molecule has 14 heavy (non-hydrogen) atoms. The highest BCUT2D eigenvalue weighted by atomic mass is 79.9. The zero-order valence-corrected chi connectivity index (χ0v) is 9.36. The lowest BCUT2D eigenvalue weighted by molar-refractivity contribution is -0.594. The third-order valence-corrected chi connectivity index (χ3v) is 1.92. The van der Waals surface area contributed by atoms with Crippen molar-refractivity contribution in [3.8, 4) is 11.4 Å². The molecule has 0 saturated carbocycles. The van der Waals surface area contributed by atoms with Gasteiger partial charge in [-0.2, -0.15) is 0 Å². The van der Waals surface area contributed by atoms with Gasteiger partial charge >= 0.3 is 0 Å². The minimum Gasteiger partial charge on any atom is -1.00 e. The molecule has 3 nitrogen and oxygen atoms in total. The number of rotatable bonds is 2. The van der Waals surface area contributed by atoms with Gasteiger partial charge in [-0.1, -0.05) is 0 Å². The van der Waals surface area contributed by atoms with Crippen LogP contribution in [0, 0.1) is 0 Å². The van der Waals surface area contributed by atoms with Gasteiger partial charge in [0.05, 0.1) is 7.11 Å². The quantitative estimate of drug-likeness (QED) is 0.637. The summed E-state index contributed by atoms with van der Waals surface area (Å²) in [7, 11) is 1.67. The second-order valence-electron chi connectivity index (χ2n) is 2.72. The number of ether oxygens (including phenoxy) is 1. The zero-order valence-electron chi connectivity index (χ0n) is 7.77. The molecule has 0 saturated heterocycles. The number of H-pyrrole nitrogens is 1. The van der Waals surface area contributed by atoms with Gasteiger partial charge in [-0.25, -0.2) is 9.55 Å². The average Bonchev–Trinajstić information content (AvgIpc) is 2.71. The molecule has 74 valence electrons. The Balaban J connectivity index is 0.000000980. The number of aromatic nitrogens is 2. The summed E-state index contributed by atoms with van der Waals surface area (Å²) < 4.78 is 7.07. The number of hydrogen-bond donors (Lipinski definition) is 1. The van der Waals surface area contributed by atoms with E-state index in [-0.39, 0.29) is 17.0 Å². The van der Waals surface area contributed by atoms with Crippen molar-refractivity contribution in [2.24, 2.45) is 0 Å². The van der Waals surface area contributed by atoms with E-state index in [0.29, 0.717) is 0 Å². The molecule has 4 heteroatoms. The van der Waals surface area contributed by atoms with Crippen molar-refractivity contribution >= 4 is 0 Å². The lowest BCUT2D eigenvalue weighted by atomic mass is 10.3.